The van der Waals surface area contributed by atoms with Gasteiger partial charge in [-0.05, 0) is 30.5 Å². The molecule has 1 aromatic carbocycles. The molecule has 3 heterocycles. The zero-order valence-electron chi connectivity index (χ0n) is 23.9. The molecule has 2 aliphatic heterocycles. The molecule has 12 heteroatoms. The van der Waals surface area contributed by atoms with Gasteiger partial charge in [0.05, 0.1) is 39.5 Å². The number of amidine groups is 1. The highest BCUT2D eigenvalue weighted by Gasteiger charge is 2.52. The molecule has 2 saturated heterocycles. The Labute approximate surface area is 245 Å². The molecule has 3 amide bonds. The second-order valence-corrected chi connectivity index (χ2v) is 11.6. The molecule has 11 nitrogen and oxygen atoms in total. The summed E-state index contributed by atoms with van der Waals surface area (Å²) >= 11 is 1.38. The van der Waals surface area contributed by atoms with Gasteiger partial charge in [-0.15, -0.1) is 11.3 Å². The van der Waals surface area contributed by atoms with Crippen molar-refractivity contribution < 1.29 is 28.6 Å². The summed E-state index contributed by atoms with van der Waals surface area (Å²) in [5.41, 5.74) is 6.10. The van der Waals surface area contributed by atoms with Crippen LogP contribution in [0.3, 0.4) is 0 Å². The van der Waals surface area contributed by atoms with E-state index in [-0.39, 0.29) is 56.0 Å². The predicted octanol–water partition coefficient (Wildman–Crippen LogP) is 2.63. The number of nitrogens with zero attached hydrogens (tertiary/aromatic N) is 1. The van der Waals surface area contributed by atoms with Gasteiger partial charge in [-0.2, -0.15) is 0 Å². The van der Waals surface area contributed by atoms with Crippen molar-refractivity contribution >= 4 is 34.9 Å². The zero-order valence-corrected chi connectivity index (χ0v) is 24.8. The normalized spacial score (nSPS) is 17.2. The molecule has 0 bridgehead atoms. The highest BCUT2D eigenvalue weighted by molar-refractivity contribution is 7.10. The van der Waals surface area contributed by atoms with Gasteiger partial charge in [-0.1, -0.05) is 39.0 Å². The summed E-state index contributed by atoms with van der Waals surface area (Å²) in [6.07, 6.45) is 0.921. The van der Waals surface area contributed by atoms with Gasteiger partial charge in [-0.3, -0.25) is 19.8 Å². The van der Waals surface area contributed by atoms with E-state index in [1.807, 2.05) is 30.3 Å². The molecular weight excluding hydrogens is 546 g/mol. The van der Waals surface area contributed by atoms with Gasteiger partial charge in [0.2, 0.25) is 17.7 Å². The van der Waals surface area contributed by atoms with Crippen molar-refractivity contribution in [3.05, 3.63) is 52.2 Å². The molecule has 2 fully saturated rings. The topological polar surface area (TPSA) is 156 Å². The number of nitrogen functional groups attached to an aromatic ring is 1. The summed E-state index contributed by atoms with van der Waals surface area (Å²) in [6, 6.07) is 10.3. The molecule has 1 spiro atoms. The van der Waals surface area contributed by atoms with Crippen molar-refractivity contribution in [2.45, 2.75) is 58.4 Å². The molecule has 41 heavy (non-hydrogen) atoms. The number of nitrogens with one attached hydrogen (secondary N) is 3. The maximum absolute atomic E-state index is 13.1. The van der Waals surface area contributed by atoms with E-state index in [0.29, 0.717) is 31.8 Å². The minimum Gasteiger partial charge on any atom is -0.494 e. The second kappa shape index (κ2) is 15.5. The number of carbonyl (C=O) groups excluding carboxylic acids is 3. The van der Waals surface area contributed by atoms with Gasteiger partial charge in [-0.25, -0.2) is 0 Å². The van der Waals surface area contributed by atoms with Gasteiger partial charge >= 0.3 is 0 Å². The number of carbonyl (C=O) groups is 3. The van der Waals surface area contributed by atoms with E-state index < -0.39 is 11.8 Å². The van der Waals surface area contributed by atoms with Gasteiger partial charge in [0.15, 0.2) is 5.79 Å². The van der Waals surface area contributed by atoms with Crippen LogP contribution in [0, 0.1) is 11.3 Å². The molecule has 1 unspecified atom stereocenters. The summed E-state index contributed by atoms with van der Waals surface area (Å²) in [4.78, 5) is 40.6. The van der Waals surface area contributed by atoms with Crippen molar-refractivity contribution in [1.29, 1.82) is 5.41 Å². The van der Waals surface area contributed by atoms with Crippen LogP contribution in [0.5, 0.6) is 5.75 Å². The lowest BCUT2D eigenvalue weighted by Crippen LogP contribution is -2.49. The Kier molecular flexibility index (Phi) is 12.1. The quantitative estimate of drug-likeness (QED) is 0.179. The number of amides is 3. The average Bonchev–Trinajstić information content (AvgIpc) is 3.69. The van der Waals surface area contributed by atoms with E-state index in [9.17, 15) is 14.4 Å². The van der Waals surface area contributed by atoms with Crippen LogP contribution >= 0.6 is 11.3 Å². The van der Waals surface area contributed by atoms with Crippen molar-refractivity contribution in [1.82, 2.24) is 15.5 Å². The number of rotatable bonds is 11. The third-order valence-electron chi connectivity index (χ3n) is 6.13. The number of likely N-dealkylation sites (tertiary alicyclic amines) is 1. The fourth-order valence-electron chi connectivity index (χ4n) is 4.25. The second-order valence-electron chi connectivity index (χ2n) is 10.6. The fraction of sp³-hybridized carbons (Fsp3) is 0.517. The SMILES string of the molecule is CC(C)C.N=C(N)c1csc(CNC(=O)C2CC3(CN2C(=O)CNC(=O)CCCOc2ccccc2)OCCO3)c1. The van der Waals surface area contributed by atoms with Crippen LogP contribution in [0.1, 0.15) is 50.5 Å². The van der Waals surface area contributed by atoms with Gasteiger partial charge in [0, 0.05) is 28.7 Å². The lowest BCUT2D eigenvalue weighted by Gasteiger charge is -2.24. The maximum Gasteiger partial charge on any atom is 0.243 e. The molecule has 2 aliphatic rings. The van der Waals surface area contributed by atoms with E-state index >= 15 is 0 Å². The van der Waals surface area contributed by atoms with Crippen LogP contribution in [-0.2, 0) is 30.4 Å². The van der Waals surface area contributed by atoms with Crippen molar-refractivity contribution in [2.75, 3.05) is 32.9 Å². The summed E-state index contributed by atoms with van der Waals surface area (Å²) in [5, 5.41) is 14.7. The molecule has 1 aromatic heterocycles. The number of hydrogen-bond donors (Lipinski definition) is 4. The Hall–Kier alpha value is -3.48. The van der Waals surface area contributed by atoms with Crippen molar-refractivity contribution in [3.63, 3.8) is 0 Å². The van der Waals surface area contributed by atoms with Crippen LogP contribution in [0.4, 0.5) is 0 Å². The summed E-state index contributed by atoms with van der Waals surface area (Å²) in [6.45, 7) is 7.78. The minimum atomic E-state index is -1.01. The number of thiophene rings is 1. The monoisotopic (exact) mass is 587 g/mol. The largest absolute Gasteiger partial charge is 0.494 e. The molecule has 0 aliphatic carbocycles. The lowest BCUT2D eigenvalue weighted by atomic mass is 10.1. The van der Waals surface area contributed by atoms with Gasteiger partial charge in [0.25, 0.3) is 0 Å². The standard InChI is InChI=1S/C25H31N5O6S.C4H10/c26-23(27)17-11-19(37-15-17)13-29-24(33)20-12-25(35-9-10-36-25)16-30(20)22(32)14-28-21(31)7-4-8-34-18-5-2-1-3-6-18;1-4(2)3/h1-3,5-6,11,15,20H,4,7-10,12-14,16H2,(H3,26,27)(H,28,31)(H,29,33);4H,1-3H3. The fourth-order valence-corrected chi connectivity index (χ4v) is 5.08. The molecule has 224 valence electrons. The Morgan fingerprint density at radius 1 is 1.17 bits per heavy atom. The first-order valence-electron chi connectivity index (χ1n) is 13.8. The van der Waals surface area contributed by atoms with E-state index in [4.69, 9.17) is 25.4 Å². The number of hydrogen-bond acceptors (Lipinski definition) is 8. The summed E-state index contributed by atoms with van der Waals surface area (Å²) < 4.78 is 17.1. The number of para-hydroxylation sites is 1. The van der Waals surface area contributed by atoms with Crippen LogP contribution in [0.25, 0.3) is 0 Å². The highest BCUT2D eigenvalue weighted by atomic mass is 32.1. The van der Waals surface area contributed by atoms with Crippen molar-refractivity contribution in [2.24, 2.45) is 11.7 Å². The summed E-state index contributed by atoms with van der Waals surface area (Å²) in [7, 11) is 0. The number of ether oxygens (including phenoxy) is 3. The highest BCUT2D eigenvalue weighted by Crippen LogP contribution is 2.35. The van der Waals surface area contributed by atoms with E-state index in [1.165, 1.54) is 16.2 Å². The smallest absolute Gasteiger partial charge is 0.243 e. The number of nitrogens with two attached hydrogens (primary N) is 1. The van der Waals surface area contributed by atoms with E-state index in [2.05, 4.69) is 31.4 Å². The van der Waals surface area contributed by atoms with Crippen molar-refractivity contribution in [3.8, 4) is 5.75 Å². The van der Waals surface area contributed by atoms with E-state index in [0.717, 1.165) is 16.5 Å². The van der Waals surface area contributed by atoms with Crippen LogP contribution < -0.4 is 21.1 Å². The van der Waals surface area contributed by atoms with Crippen LogP contribution in [0.2, 0.25) is 0 Å². The van der Waals surface area contributed by atoms with Crippen LogP contribution in [0.15, 0.2) is 41.8 Å². The summed E-state index contributed by atoms with van der Waals surface area (Å²) in [5.74, 6) is -0.482. The van der Waals surface area contributed by atoms with Gasteiger partial charge < -0.3 is 35.5 Å². The van der Waals surface area contributed by atoms with E-state index in [1.54, 1.807) is 11.4 Å². The number of benzene rings is 1. The third kappa shape index (κ3) is 10.1. The van der Waals surface area contributed by atoms with Crippen LogP contribution in [-0.4, -0.2) is 73.2 Å². The Morgan fingerprint density at radius 2 is 1.85 bits per heavy atom. The molecular formula is C29H41N5O6S. The first kappa shape index (κ1) is 32.0. The van der Waals surface area contributed by atoms with Gasteiger partial charge in [0.1, 0.15) is 17.6 Å². The Bertz CT molecular complexity index is 1160. The molecule has 0 saturated carbocycles. The maximum atomic E-state index is 13.1. The minimum absolute atomic E-state index is 0.0374. The molecule has 2 aromatic rings. The lowest BCUT2D eigenvalue weighted by molar-refractivity contribution is -0.152. The molecule has 4 rings (SSSR count). The zero-order chi connectivity index (χ0) is 29.8. The first-order chi connectivity index (χ1) is 19.6. The average molecular weight is 588 g/mol. The molecule has 1 atom stereocenters. The third-order valence-corrected chi connectivity index (χ3v) is 7.06. The first-order valence-corrected chi connectivity index (χ1v) is 14.7. The predicted molar refractivity (Wildman–Crippen MR) is 157 cm³/mol. The Morgan fingerprint density at radius 3 is 2.49 bits per heavy atom. The Balaban J connectivity index is 0.00000108. The molecule has 0 radical (unpaired) electrons. The molecule has 5 N–H and O–H groups in total.